The van der Waals surface area contributed by atoms with E-state index in [9.17, 15) is 0 Å². The van der Waals surface area contributed by atoms with E-state index in [0.717, 1.165) is 44.2 Å². The second kappa shape index (κ2) is 12.0. The van der Waals surface area contributed by atoms with Gasteiger partial charge in [0.2, 0.25) is 0 Å². The summed E-state index contributed by atoms with van der Waals surface area (Å²) in [5.74, 6) is 2.02. The van der Waals surface area contributed by atoms with Crippen molar-refractivity contribution in [1.29, 1.82) is 0 Å². The second-order valence-corrected chi connectivity index (χ2v) is 8.07. The Hall–Kier alpha value is -1.79. The van der Waals surface area contributed by atoms with Gasteiger partial charge in [-0.05, 0) is 38.1 Å². The third kappa shape index (κ3) is 7.19. The van der Waals surface area contributed by atoms with E-state index < -0.39 is 0 Å². The largest absolute Gasteiger partial charge is 0.490 e. The SMILES string of the molecule is CCN1CCN(CCCCNC(=NC)N2CCC(Oc3ccccc3)CC2)CC1. The number of piperidine rings is 1. The first-order chi connectivity index (χ1) is 14.3. The molecule has 1 N–H and O–H groups in total. The van der Waals surface area contributed by atoms with E-state index in [0.29, 0.717) is 6.10 Å². The fourth-order valence-corrected chi connectivity index (χ4v) is 4.20. The molecule has 2 fully saturated rings. The number of likely N-dealkylation sites (tertiary alicyclic amines) is 1. The number of piperazine rings is 1. The predicted molar refractivity (Wildman–Crippen MR) is 121 cm³/mol. The van der Waals surface area contributed by atoms with Crippen LogP contribution in [0.5, 0.6) is 5.75 Å². The van der Waals surface area contributed by atoms with Crippen LogP contribution < -0.4 is 10.1 Å². The van der Waals surface area contributed by atoms with Crippen molar-refractivity contribution in [1.82, 2.24) is 20.0 Å². The van der Waals surface area contributed by atoms with E-state index in [1.807, 2.05) is 37.4 Å². The van der Waals surface area contributed by atoms with Gasteiger partial charge in [0.15, 0.2) is 5.96 Å². The van der Waals surface area contributed by atoms with Gasteiger partial charge < -0.3 is 24.8 Å². The van der Waals surface area contributed by atoms with Gasteiger partial charge >= 0.3 is 0 Å². The molecule has 3 rings (SSSR count). The molecule has 0 amide bonds. The monoisotopic (exact) mass is 401 g/mol. The fourth-order valence-electron chi connectivity index (χ4n) is 4.20. The summed E-state index contributed by atoms with van der Waals surface area (Å²) in [5, 5.41) is 3.57. The van der Waals surface area contributed by atoms with Gasteiger partial charge in [-0.15, -0.1) is 0 Å². The summed E-state index contributed by atoms with van der Waals surface area (Å²) in [4.78, 5) is 12.0. The molecule has 0 unspecified atom stereocenters. The van der Waals surface area contributed by atoms with Gasteiger partial charge in [-0.3, -0.25) is 4.99 Å². The lowest BCUT2D eigenvalue weighted by Gasteiger charge is -2.34. The first-order valence-corrected chi connectivity index (χ1v) is 11.4. The molecule has 2 heterocycles. The van der Waals surface area contributed by atoms with Crippen molar-refractivity contribution in [3.8, 4) is 5.75 Å². The summed E-state index contributed by atoms with van der Waals surface area (Å²) in [6, 6.07) is 10.2. The average molecular weight is 402 g/mol. The van der Waals surface area contributed by atoms with Gasteiger partial charge in [-0.2, -0.15) is 0 Å². The number of nitrogens with one attached hydrogen (secondary N) is 1. The topological polar surface area (TPSA) is 43.3 Å². The smallest absolute Gasteiger partial charge is 0.193 e. The molecule has 162 valence electrons. The Bertz CT molecular complexity index is 593. The average Bonchev–Trinajstić information content (AvgIpc) is 2.78. The lowest BCUT2D eigenvalue weighted by Crippen LogP contribution is -2.48. The van der Waals surface area contributed by atoms with Gasteiger partial charge in [0.05, 0.1) is 0 Å². The molecule has 2 saturated heterocycles. The molecule has 29 heavy (non-hydrogen) atoms. The van der Waals surface area contributed by atoms with E-state index in [1.165, 1.54) is 52.1 Å². The molecule has 0 aliphatic carbocycles. The summed E-state index contributed by atoms with van der Waals surface area (Å²) in [5.41, 5.74) is 0. The maximum absolute atomic E-state index is 6.11. The van der Waals surface area contributed by atoms with Gasteiger partial charge in [-0.25, -0.2) is 0 Å². The maximum Gasteiger partial charge on any atom is 0.193 e. The molecule has 0 spiro atoms. The number of ether oxygens (including phenoxy) is 1. The zero-order valence-corrected chi connectivity index (χ0v) is 18.4. The number of unbranched alkanes of at least 4 members (excludes halogenated alkanes) is 1. The number of likely N-dealkylation sites (N-methyl/N-ethyl adjacent to an activating group) is 1. The van der Waals surface area contributed by atoms with E-state index in [-0.39, 0.29) is 0 Å². The second-order valence-electron chi connectivity index (χ2n) is 8.07. The Morgan fingerprint density at radius 3 is 2.34 bits per heavy atom. The molecule has 2 aliphatic rings. The third-order valence-electron chi connectivity index (χ3n) is 6.10. The molecule has 6 heteroatoms. The van der Waals surface area contributed by atoms with Crippen molar-refractivity contribution in [2.24, 2.45) is 4.99 Å². The van der Waals surface area contributed by atoms with Crippen molar-refractivity contribution >= 4 is 5.96 Å². The number of hydrogen-bond acceptors (Lipinski definition) is 4. The molecule has 2 aliphatic heterocycles. The van der Waals surface area contributed by atoms with Gasteiger partial charge in [0.25, 0.3) is 0 Å². The van der Waals surface area contributed by atoms with Crippen LogP contribution in [0.1, 0.15) is 32.6 Å². The molecule has 6 nitrogen and oxygen atoms in total. The summed E-state index contributed by atoms with van der Waals surface area (Å²) in [6.45, 7) is 12.6. The van der Waals surface area contributed by atoms with Crippen LogP contribution in [0.2, 0.25) is 0 Å². The molecule has 0 radical (unpaired) electrons. The van der Waals surface area contributed by atoms with Crippen LogP contribution in [0.4, 0.5) is 0 Å². The summed E-state index contributed by atoms with van der Waals surface area (Å²) < 4.78 is 6.11. The van der Waals surface area contributed by atoms with Crippen molar-refractivity contribution < 1.29 is 4.74 Å². The summed E-state index contributed by atoms with van der Waals surface area (Å²) in [6.07, 6.45) is 4.84. The van der Waals surface area contributed by atoms with Crippen molar-refractivity contribution in [2.75, 3.05) is 66.0 Å². The van der Waals surface area contributed by atoms with Crippen LogP contribution in [0.25, 0.3) is 0 Å². The molecule has 0 atom stereocenters. The number of nitrogens with zero attached hydrogens (tertiary/aromatic N) is 4. The van der Waals surface area contributed by atoms with Crippen molar-refractivity contribution in [3.05, 3.63) is 30.3 Å². The minimum atomic E-state index is 0.305. The summed E-state index contributed by atoms with van der Waals surface area (Å²) in [7, 11) is 1.89. The van der Waals surface area contributed by atoms with Gasteiger partial charge in [-0.1, -0.05) is 25.1 Å². The van der Waals surface area contributed by atoms with Crippen molar-refractivity contribution in [2.45, 2.75) is 38.7 Å². The number of para-hydroxylation sites is 1. The molecule has 1 aromatic rings. The normalized spacial score (nSPS) is 20.1. The van der Waals surface area contributed by atoms with E-state index >= 15 is 0 Å². The minimum absolute atomic E-state index is 0.305. The number of hydrogen-bond donors (Lipinski definition) is 1. The Morgan fingerprint density at radius 1 is 1.00 bits per heavy atom. The zero-order valence-electron chi connectivity index (χ0n) is 18.4. The highest BCUT2D eigenvalue weighted by atomic mass is 16.5. The Balaban J connectivity index is 1.28. The van der Waals surface area contributed by atoms with Crippen LogP contribution in [0.3, 0.4) is 0 Å². The molecule has 0 saturated carbocycles. The van der Waals surface area contributed by atoms with Gasteiger partial charge in [0, 0.05) is 65.7 Å². The van der Waals surface area contributed by atoms with Crippen LogP contribution in [0, 0.1) is 0 Å². The standard InChI is InChI=1S/C23H39N5O/c1-3-26-17-19-27(20-18-26)14-8-7-13-25-23(24-2)28-15-11-22(12-16-28)29-21-9-5-4-6-10-21/h4-6,9-10,22H,3,7-8,11-20H2,1-2H3,(H,24,25). The first-order valence-electron chi connectivity index (χ1n) is 11.4. The Morgan fingerprint density at radius 2 is 1.69 bits per heavy atom. The zero-order chi connectivity index (χ0) is 20.3. The number of rotatable bonds is 8. The summed E-state index contributed by atoms with van der Waals surface area (Å²) >= 11 is 0. The van der Waals surface area contributed by atoms with Crippen LogP contribution in [0.15, 0.2) is 35.3 Å². The fraction of sp³-hybridized carbons (Fsp3) is 0.696. The number of guanidine groups is 1. The predicted octanol–water partition coefficient (Wildman–Crippen LogP) is 2.52. The Kier molecular flexibility index (Phi) is 9.09. The first kappa shape index (κ1) is 21.9. The van der Waals surface area contributed by atoms with Crippen LogP contribution in [-0.4, -0.2) is 92.7 Å². The van der Waals surface area contributed by atoms with Crippen LogP contribution >= 0.6 is 0 Å². The highest BCUT2D eigenvalue weighted by Crippen LogP contribution is 2.18. The lowest BCUT2D eigenvalue weighted by atomic mass is 10.1. The van der Waals surface area contributed by atoms with Crippen molar-refractivity contribution in [3.63, 3.8) is 0 Å². The van der Waals surface area contributed by atoms with E-state index in [2.05, 4.69) is 31.9 Å². The number of aliphatic imine (C=N–C) groups is 1. The van der Waals surface area contributed by atoms with E-state index in [1.54, 1.807) is 0 Å². The quantitative estimate of drug-likeness (QED) is 0.412. The molecular weight excluding hydrogens is 362 g/mol. The lowest BCUT2D eigenvalue weighted by molar-refractivity contribution is 0.129. The highest BCUT2D eigenvalue weighted by molar-refractivity contribution is 5.79. The third-order valence-corrected chi connectivity index (χ3v) is 6.10. The van der Waals surface area contributed by atoms with Crippen LogP contribution in [-0.2, 0) is 0 Å². The molecule has 0 aromatic heterocycles. The maximum atomic E-state index is 6.11. The Labute approximate surface area is 176 Å². The van der Waals surface area contributed by atoms with E-state index in [4.69, 9.17) is 4.74 Å². The molecule has 0 bridgehead atoms. The minimum Gasteiger partial charge on any atom is -0.490 e. The highest BCUT2D eigenvalue weighted by Gasteiger charge is 2.22. The number of benzene rings is 1. The molecular formula is C23H39N5O. The van der Waals surface area contributed by atoms with Gasteiger partial charge in [0.1, 0.15) is 11.9 Å². The molecule has 1 aromatic carbocycles.